The Morgan fingerprint density at radius 2 is 2.29 bits per heavy atom. The van der Waals surface area contributed by atoms with Crippen molar-refractivity contribution in [3.05, 3.63) is 17.5 Å². The third kappa shape index (κ3) is 2.85. The molecule has 0 radical (unpaired) electrons. The van der Waals surface area contributed by atoms with Crippen molar-refractivity contribution in [2.24, 2.45) is 0 Å². The van der Waals surface area contributed by atoms with Crippen LogP contribution in [0.2, 0.25) is 0 Å². The molecule has 5 nitrogen and oxygen atoms in total. The average molecular weight is 238 g/mol. The Labute approximate surface area is 100 Å². The van der Waals surface area contributed by atoms with Gasteiger partial charge in [0.2, 0.25) is 5.76 Å². The van der Waals surface area contributed by atoms with E-state index >= 15 is 0 Å². The second-order valence-electron chi connectivity index (χ2n) is 4.98. The maximum atomic E-state index is 12.1. The summed E-state index contributed by atoms with van der Waals surface area (Å²) < 4.78 is 4.97. The number of carbonyl (C=O) groups excluding carboxylic acids is 1. The fourth-order valence-electron chi connectivity index (χ4n) is 2.09. The molecule has 0 bridgehead atoms. The Balaban J connectivity index is 2.05. The Hall–Kier alpha value is -1.36. The molecule has 1 amide bonds. The van der Waals surface area contributed by atoms with Gasteiger partial charge in [0.25, 0.3) is 5.91 Å². The van der Waals surface area contributed by atoms with Crippen molar-refractivity contribution < 1.29 is 14.4 Å². The summed E-state index contributed by atoms with van der Waals surface area (Å²) in [6.45, 7) is 4.83. The van der Waals surface area contributed by atoms with Gasteiger partial charge in [-0.1, -0.05) is 5.16 Å². The molecular formula is C12H18N2O3. The molecule has 0 aliphatic carbocycles. The van der Waals surface area contributed by atoms with Crippen LogP contribution in [0, 0.1) is 6.92 Å². The maximum Gasteiger partial charge on any atom is 0.292 e. The molecule has 1 aliphatic rings. The number of amides is 1. The van der Waals surface area contributed by atoms with Crippen LogP contribution in [0.15, 0.2) is 10.6 Å². The molecule has 1 saturated heterocycles. The lowest BCUT2D eigenvalue weighted by Gasteiger charge is -2.21. The van der Waals surface area contributed by atoms with E-state index in [1.54, 1.807) is 17.9 Å². The highest BCUT2D eigenvalue weighted by Crippen LogP contribution is 2.22. The zero-order valence-electron chi connectivity index (χ0n) is 10.3. The SMILES string of the molecule is Cc1cc(C(=O)N2CCCC(C)(O)CC2)on1. The Morgan fingerprint density at radius 1 is 1.53 bits per heavy atom. The van der Waals surface area contributed by atoms with Gasteiger partial charge in [-0.3, -0.25) is 4.79 Å². The summed E-state index contributed by atoms with van der Waals surface area (Å²) in [5, 5.41) is 13.7. The molecule has 2 rings (SSSR count). The van der Waals surface area contributed by atoms with Crippen LogP contribution in [0.3, 0.4) is 0 Å². The van der Waals surface area contributed by atoms with Crippen molar-refractivity contribution in [1.29, 1.82) is 0 Å². The zero-order chi connectivity index (χ0) is 12.5. The molecule has 1 fully saturated rings. The number of aromatic nitrogens is 1. The van der Waals surface area contributed by atoms with E-state index < -0.39 is 5.60 Å². The van der Waals surface area contributed by atoms with Crippen molar-refractivity contribution in [3.8, 4) is 0 Å². The normalized spacial score (nSPS) is 25.7. The van der Waals surface area contributed by atoms with E-state index in [1.165, 1.54) is 0 Å². The monoisotopic (exact) mass is 238 g/mol. The van der Waals surface area contributed by atoms with E-state index in [1.807, 2.05) is 6.92 Å². The van der Waals surface area contributed by atoms with Crippen LogP contribution < -0.4 is 0 Å². The number of nitrogens with zero attached hydrogens (tertiary/aromatic N) is 2. The Morgan fingerprint density at radius 3 is 2.94 bits per heavy atom. The quantitative estimate of drug-likeness (QED) is 0.802. The zero-order valence-corrected chi connectivity index (χ0v) is 10.3. The first-order chi connectivity index (χ1) is 7.98. The van der Waals surface area contributed by atoms with Crippen LogP contribution in [0.5, 0.6) is 0 Å². The standard InChI is InChI=1S/C12H18N2O3/c1-9-8-10(17-13-9)11(15)14-6-3-4-12(2,16)5-7-14/h8,16H,3-7H2,1-2H3. The fraction of sp³-hybridized carbons (Fsp3) is 0.667. The van der Waals surface area contributed by atoms with Gasteiger partial charge in [-0.15, -0.1) is 0 Å². The van der Waals surface area contributed by atoms with Gasteiger partial charge in [0.05, 0.1) is 11.3 Å². The summed E-state index contributed by atoms with van der Waals surface area (Å²) in [7, 11) is 0. The van der Waals surface area contributed by atoms with Crippen LogP contribution >= 0.6 is 0 Å². The predicted molar refractivity (Wildman–Crippen MR) is 61.6 cm³/mol. The van der Waals surface area contributed by atoms with E-state index in [0.717, 1.165) is 12.8 Å². The predicted octanol–water partition coefficient (Wildman–Crippen LogP) is 1.36. The first-order valence-corrected chi connectivity index (χ1v) is 5.93. The third-order valence-corrected chi connectivity index (χ3v) is 3.19. The van der Waals surface area contributed by atoms with Crippen LogP contribution in [0.1, 0.15) is 42.4 Å². The molecule has 5 heteroatoms. The molecule has 0 spiro atoms. The van der Waals surface area contributed by atoms with Crippen LogP contribution in [0.25, 0.3) is 0 Å². The first kappa shape index (κ1) is 12.1. The van der Waals surface area contributed by atoms with Gasteiger partial charge in [-0.2, -0.15) is 0 Å². The molecule has 1 N–H and O–H groups in total. The highest BCUT2D eigenvalue weighted by atomic mass is 16.5. The summed E-state index contributed by atoms with van der Waals surface area (Å²) in [4.78, 5) is 13.8. The Bertz CT molecular complexity index is 412. The topological polar surface area (TPSA) is 66.6 Å². The minimum atomic E-state index is -0.660. The molecular weight excluding hydrogens is 220 g/mol. The van der Waals surface area contributed by atoms with E-state index in [9.17, 15) is 9.90 Å². The third-order valence-electron chi connectivity index (χ3n) is 3.19. The second kappa shape index (κ2) is 4.49. The average Bonchev–Trinajstić information content (AvgIpc) is 2.60. The summed E-state index contributed by atoms with van der Waals surface area (Å²) in [6, 6.07) is 1.64. The smallest absolute Gasteiger partial charge is 0.292 e. The fourth-order valence-corrected chi connectivity index (χ4v) is 2.09. The Kier molecular flexibility index (Phi) is 3.19. The van der Waals surface area contributed by atoms with E-state index in [2.05, 4.69) is 5.16 Å². The molecule has 1 atom stereocenters. The number of hydrogen-bond donors (Lipinski definition) is 1. The number of aryl methyl sites for hydroxylation is 1. The number of rotatable bonds is 1. The van der Waals surface area contributed by atoms with Crippen molar-refractivity contribution in [2.45, 2.75) is 38.7 Å². The van der Waals surface area contributed by atoms with Crippen LogP contribution in [-0.4, -0.2) is 39.8 Å². The molecule has 0 saturated carbocycles. The van der Waals surface area contributed by atoms with Gasteiger partial charge in [-0.05, 0) is 33.1 Å². The summed E-state index contributed by atoms with van der Waals surface area (Å²) in [6.07, 6.45) is 2.14. The summed E-state index contributed by atoms with van der Waals surface area (Å²) in [5.41, 5.74) is 0.0435. The molecule has 0 aromatic carbocycles. The number of aliphatic hydroxyl groups is 1. The number of hydrogen-bond acceptors (Lipinski definition) is 4. The van der Waals surface area contributed by atoms with Gasteiger partial charge in [0.1, 0.15) is 0 Å². The van der Waals surface area contributed by atoms with E-state index in [0.29, 0.717) is 25.2 Å². The van der Waals surface area contributed by atoms with Gasteiger partial charge in [0, 0.05) is 19.2 Å². The summed E-state index contributed by atoms with van der Waals surface area (Å²) in [5.74, 6) is 0.146. The van der Waals surface area contributed by atoms with Crippen molar-refractivity contribution in [1.82, 2.24) is 10.1 Å². The molecule has 94 valence electrons. The lowest BCUT2D eigenvalue weighted by molar-refractivity contribution is 0.0433. The second-order valence-corrected chi connectivity index (χ2v) is 4.98. The molecule has 17 heavy (non-hydrogen) atoms. The van der Waals surface area contributed by atoms with Crippen LogP contribution in [-0.2, 0) is 0 Å². The van der Waals surface area contributed by atoms with E-state index in [4.69, 9.17) is 4.52 Å². The first-order valence-electron chi connectivity index (χ1n) is 5.93. The van der Waals surface area contributed by atoms with Gasteiger partial charge < -0.3 is 14.5 Å². The van der Waals surface area contributed by atoms with E-state index in [-0.39, 0.29) is 11.7 Å². The number of likely N-dealkylation sites (tertiary alicyclic amines) is 1. The lowest BCUT2D eigenvalue weighted by atomic mass is 9.98. The largest absolute Gasteiger partial charge is 0.390 e. The summed E-state index contributed by atoms with van der Waals surface area (Å²) >= 11 is 0. The van der Waals surface area contributed by atoms with Gasteiger partial charge in [-0.25, -0.2) is 0 Å². The molecule has 1 aromatic rings. The molecule has 2 heterocycles. The maximum absolute atomic E-state index is 12.1. The highest BCUT2D eigenvalue weighted by Gasteiger charge is 2.28. The van der Waals surface area contributed by atoms with Crippen LogP contribution in [0.4, 0.5) is 0 Å². The minimum absolute atomic E-state index is 0.136. The highest BCUT2D eigenvalue weighted by molar-refractivity contribution is 5.91. The lowest BCUT2D eigenvalue weighted by Crippen LogP contribution is -2.33. The van der Waals surface area contributed by atoms with Gasteiger partial charge in [0.15, 0.2) is 0 Å². The van der Waals surface area contributed by atoms with Crippen molar-refractivity contribution in [2.75, 3.05) is 13.1 Å². The molecule has 1 aromatic heterocycles. The molecule has 1 aliphatic heterocycles. The number of carbonyl (C=O) groups is 1. The van der Waals surface area contributed by atoms with Gasteiger partial charge >= 0.3 is 0 Å². The molecule has 1 unspecified atom stereocenters. The minimum Gasteiger partial charge on any atom is -0.390 e. The van der Waals surface area contributed by atoms with Crippen molar-refractivity contribution in [3.63, 3.8) is 0 Å². The van der Waals surface area contributed by atoms with Crippen molar-refractivity contribution >= 4 is 5.91 Å².